The Hall–Kier alpha value is -2.77. The molecule has 2 saturated heterocycles. The Kier molecular flexibility index (Phi) is 8.42. The fraction of sp³-hybridized carbons (Fsp3) is 0.565. The maximum atomic E-state index is 12.9. The highest BCUT2D eigenvalue weighted by molar-refractivity contribution is 7.15. The second kappa shape index (κ2) is 11.5. The van der Waals surface area contributed by atoms with Crippen LogP contribution in [0.15, 0.2) is 18.2 Å². The lowest BCUT2D eigenvalue weighted by atomic mass is 10.1. The molecule has 0 unspecified atom stereocenters. The van der Waals surface area contributed by atoms with Crippen molar-refractivity contribution in [2.45, 2.75) is 32.0 Å². The number of amides is 1. The average Bonchev–Trinajstić information content (AvgIpc) is 3.30. The number of ketones is 1. The Labute approximate surface area is 211 Å². The number of nitrogens with zero attached hydrogens (tertiary/aromatic N) is 5. The number of carbonyl (C=O) groups excluding carboxylic acids is 2. The number of ether oxygens (including phenoxy) is 1. The van der Waals surface area contributed by atoms with Crippen molar-refractivity contribution >= 4 is 33.8 Å². The first-order chi connectivity index (χ1) is 17.2. The number of anilines is 2. The summed E-state index contributed by atoms with van der Waals surface area (Å²) < 4.78 is 42.9. The molecular weight excluding hydrogens is 497 g/mol. The number of halogens is 3. The normalized spacial score (nSPS) is 17.7. The molecule has 196 valence electrons. The zero-order valence-electron chi connectivity index (χ0n) is 20.0. The topological polar surface area (TPSA) is 90.9 Å². The summed E-state index contributed by atoms with van der Waals surface area (Å²) in [4.78, 5) is 31.7. The van der Waals surface area contributed by atoms with Gasteiger partial charge in [-0.1, -0.05) is 11.3 Å². The van der Waals surface area contributed by atoms with Crippen LogP contribution in [0.4, 0.5) is 24.0 Å². The van der Waals surface area contributed by atoms with Crippen LogP contribution in [0.25, 0.3) is 0 Å². The van der Waals surface area contributed by atoms with Crippen LogP contribution in [-0.4, -0.2) is 90.9 Å². The van der Waals surface area contributed by atoms with Crippen LogP contribution in [0.5, 0.6) is 5.75 Å². The summed E-state index contributed by atoms with van der Waals surface area (Å²) in [7, 11) is 1.98. The van der Waals surface area contributed by atoms with Gasteiger partial charge in [-0.3, -0.25) is 14.5 Å². The smallest absolute Gasteiger partial charge is 0.404 e. The van der Waals surface area contributed by atoms with Crippen LogP contribution in [0.3, 0.4) is 0 Å². The van der Waals surface area contributed by atoms with Gasteiger partial charge in [-0.15, -0.1) is 23.4 Å². The van der Waals surface area contributed by atoms with Crippen molar-refractivity contribution in [3.05, 3.63) is 28.8 Å². The molecule has 0 saturated carbocycles. The predicted molar refractivity (Wildman–Crippen MR) is 130 cm³/mol. The molecule has 0 bridgehead atoms. The Morgan fingerprint density at radius 1 is 1.06 bits per heavy atom. The number of piperidine rings is 1. The summed E-state index contributed by atoms with van der Waals surface area (Å²) in [5.74, 6) is -1.40. The van der Waals surface area contributed by atoms with Crippen LogP contribution < -0.4 is 15.0 Å². The first-order valence-electron chi connectivity index (χ1n) is 11.9. The Bertz CT molecular complexity index is 1070. The fourth-order valence-electron chi connectivity index (χ4n) is 4.18. The molecule has 9 nitrogen and oxygen atoms in total. The average molecular weight is 527 g/mol. The maximum absolute atomic E-state index is 12.9. The van der Waals surface area contributed by atoms with Gasteiger partial charge in [0.15, 0.2) is 11.5 Å². The van der Waals surface area contributed by atoms with E-state index in [0.717, 1.165) is 50.2 Å². The highest BCUT2D eigenvalue weighted by Gasteiger charge is 2.33. The van der Waals surface area contributed by atoms with E-state index in [1.54, 1.807) is 0 Å². The van der Waals surface area contributed by atoms with E-state index in [1.807, 2.05) is 11.9 Å². The minimum atomic E-state index is -4.94. The van der Waals surface area contributed by atoms with Gasteiger partial charge in [0.25, 0.3) is 0 Å². The molecule has 2 fully saturated rings. The van der Waals surface area contributed by atoms with Gasteiger partial charge in [-0.2, -0.15) is 0 Å². The Morgan fingerprint density at radius 3 is 2.47 bits per heavy atom. The van der Waals surface area contributed by atoms with Crippen LogP contribution >= 0.6 is 11.3 Å². The fourth-order valence-corrected chi connectivity index (χ4v) is 5.07. The lowest BCUT2D eigenvalue weighted by molar-refractivity contribution is -0.274. The van der Waals surface area contributed by atoms with E-state index >= 15 is 0 Å². The lowest BCUT2D eigenvalue weighted by Gasteiger charge is -2.31. The largest absolute Gasteiger partial charge is 0.573 e. The predicted octanol–water partition coefficient (Wildman–Crippen LogP) is 3.04. The van der Waals surface area contributed by atoms with Gasteiger partial charge in [-0.25, -0.2) is 0 Å². The quantitative estimate of drug-likeness (QED) is 0.525. The van der Waals surface area contributed by atoms with Crippen molar-refractivity contribution in [2.75, 3.05) is 63.1 Å². The van der Waals surface area contributed by atoms with E-state index in [-0.39, 0.29) is 30.0 Å². The van der Waals surface area contributed by atoms with Crippen molar-refractivity contribution in [3.8, 4) is 5.75 Å². The minimum absolute atomic E-state index is 0.0293. The van der Waals surface area contributed by atoms with E-state index in [2.05, 4.69) is 30.1 Å². The van der Waals surface area contributed by atoms with E-state index in [9.17, 15) is 22.8 Å². The maximum Gasteiger partial charge on any atom is 0.573 e. The Balaban J connectivity index is 1.45. The van der Waals surface area contributed by atoms with Crippen molar-refractivity contribution in [1.82, 2.24) is 20.0 Å². The molecule has 2 aromatic rings. The molecule has 2 aliphatic rings. The van der Waals surface area contributed by atoms with Crippen LogP contribution in [0.2, 0.25) is 0 Å². The molecule has 13 heteroatoms. The third-order valence-electron chi connectivity index (χ3n) is 6.16. The van der Waals surface area contributed by atoms with Gasteiger partial charge < -0.3 is 19.9 Å². The molecular formula is C23H29F3N6O3S. The highest BCUT2D eigenvalue weighted by Crippen LogP contribution is 2.32. The van der Waals surface area contributed by atoms with Crippen LogP contribution in [-0.2, 0) is 11.2 Å². The van der Waals surface area contributed by atoms with Crippen molar-refractivity contribution < 1.29 is 27.5 Å². The molecule has 1 amide bonds. The minimum Gasteiger partial charge on any atom is -0.404 e. The number of Topliss-reactive ketones (excluding diaryl/α,β-unsaturated/α-hetero) is 1. The van der Waals surface area contributed by atoms with Crippen molar-refractivity contribution in [3.63, 3.8) is 0 Å². The third kappa shape index (κ3) is 7.37. The number of piperazine rings is 1. The van der Waals surface area contributed by atoms with Crippen molar-refractivity contribution in [2.24, 2.45) is 0 Å². The number of aromatic nitrogens is 2. The van der Waals surface area contributed by atoms with E-state index < -0.39 is 18.0 Å². The second-order valence-electron chi connectivity index (χ2n) is 9.01. The number of hydrogen-bond donors (Lipinski definition) is 1. The first-order valence-corrected chi connectivity index (χ1v) is 12.7. The third-order valence-corrected chi connectivity index (χ3v) is 7.14. The monoisotopic (exact) mass is 526 g/mol. The number of likely N-dealkylation sites (N-methyl/N-ethyl adjacent to an activating group) is 1. The molecule has 0 spiro atoms. The highest BCUT2D eigenvalue weighted by atomic mass is 32.1. The lowest BCUT2D eigenvalue weighted by Crippen LogP contribution is -2.47. The number of carbonyl (C=O) groups is 2. The molecule has 1 aromatic carbocycles. The number of benzene rings is 1. The molecule has 0 aliphatic carbocycles. The summed E-state index contributed by atoms with van der Waals surface area (Å²) in [6.07, 6.45) is -1.63. The molecule has 1 aromatic heterocycles. The van der Waals surface area contributed by atoms with E-state index in [4.69, 9.17) is 0 Å². The summed E-state index contributed by atoms with van der Waals surface area (Å²) in [5, 5.41) is 12.1. The summed E-state index contributed by atoms with van der Waals surface area (Å²) in [6.45, 7) is 4.78. The summed E-state index contributed by atoms with van der Waals surface area (Å²) in [6, 6.07) is 3.52. The molecule has 0 atom stereocenters. The molecule has 36 heavy (non-hydrogen) atoms. The van der Waals surface area contributed by atoms with Gasteiger partial charge >= 0.3 is 6.36 Å². The zero-order chi connectivity index (χ0) is 25.7. The van der Waals surface area contributed by atoms with Gasteiger partial charge in [-0.05, 0) is 44.5 Å². The van der Waals surface area contributed by atoms with E-state index in [1.165, 1.54) is 29.9 Å². The molecule has 3 heterocycles. The van der Waals surface area contributed by atoms with Gasteiger partial charge in [0, 0.05) is 44.8 Å². The number of hydrogen-bond acceptors (Lipinski definition) is 9. The van der Waals surface area contributed by atoms with Crippen LogP contribution in [0, 0.1) is 0 Å². The van der Waals surface area contributed by atoms with Gasteiger partial charge in [0.1, 0.15) is 5.01 Å². The van der Waals surface area contributed by atoms with E-state index in [0.29, 0.717) is 18.1 Å². The molecule has 1 N–H and O–H groups in total. The molecule has 2 aliphatic heterocycles. The molecule has 4 rings (SSSR count). The first kappa shape index (κ1) is 26.3. The SMILES string of the molecule is CN1CCN(CC(=O)Nc2cc(C(=O)Cc3nnc(N4CCCCC4)s3)ccc2OC(F)(F)F)CC1. The standard InChI is InChI=1S/C23H29F3N6O3S/c1-30-9-11-31(12-10-30)15-20(34)27-17-13-16(5-6-19(17)35-23(24,25)26)18(33)14-21-28-29-22(36-21)32-7-3-2-4-8-32/h5-6,13H,2-4,7-12,14-15H2,1H3,(H,27,34). The second-order valence-corrected chi connectivity index (χ2v) is 10.1. The molecule has 0 radical (unpaired) electrons. The summed E-state index contributed by atoms with van der Waals surface area (Å²) >= 11 is 1.34. The van der Waals surface area contributed by atoms with Gasteiger partial charge in [0.05, 0.1) is 18.7 Å². The van der Waals surface area contributed by atoms with Crippen molar-refractivity contribution in [1.29, 1.82) is 0 Å². The number of rotatable bonds is 8. The summed E-state index contributed by atoms with van der Waals surface area (Å²) in [5.41, 5.74) is -0.0577. The Morgan fingerprint density at radius 2 is 1.78 bits per heavy atom. The van der Waals surface area contributed by atoms with Crippen LogP contribution in [0.1, 0.15) is 34.6 Å². The number of nitrogens with one attached hydrogen (secondary N) is 1. The zero-order valence-corrected chi connectivity index (χ0v) is 20.8. The van der Waals surface area contributed by atoms with Gasteiger partial charge in [0.2, 0.25) is 11.0 Å². The number of alkyl halides is 3.